The summed E-state index contributed by atoms with van der Waals surface area (Å²) in [6.07, 6.45) is 0. The van der Waals surface area contributed by atoms with Crippen LogP contribution in [0.15, 0.2) is 211 Å². The SMILES string of the molecule is c1ccc(-c2nc(-c3ccccc3)nc(-c3cccc4oc5cc(-c6cccc(N(c7ccccc7)c7ccc8ccccc8c7)c6)c6ccccc6c5c34)n2)cc1. The van der Waals surface area contributed by atoms with E-state index in [9.17, 15) is 0 Å². The first-order valence-electron chi connectivity index (χ1n) is 19.4. The third kappa shape index (κ3) is 5.85. The Kier molecular flexibility index (Phi) is 8.07. The molecule has 2 aromatic heterocycles. The zero-order chi connectivity index (χ0) is 38.4. The second kappa shape index (κ2) is 14.0. The van der Waals surface area contributed by atoms with Gasteiger partial charge in [0.15, 0.2) is 17.5 Å². The fraction of sp³-hybridized carbons (Fsp3) is 0. The smallest absolute Gasteiger partial charge is 0.164 e. The largest absolute Gasteiger partial charge is 0.456 e. The van der Waals surface area contributed by atoms with E-state index in [1.54, 1.807) is 0 Å². The zero-order valence-corrected chi connectivity index (χ0v) is 31.3. The molecule has 11 aromatic rings. The van der Waals surface area contributed by atoms with Crippen molar-refractivity contribution in [3.63, 3.8) is 0 Å². The number of benzene rings is 9. The lowest BCUT2D eigenvalue weighted by molar-refractivity contribution is 0.669. The van der Waals surface area contributed by atoms with Crippen molar-refractivity contribution in [3.05, 3.63) is 206 Å². The molecule has 0 unspecified atom stereocenters. The number of rotatable bonds is 7. The number of furan rings is 1. The van der Waals surface area contributed by atoms with E-state index in [0.717, 1.165) is 77.6 Å². The predicted octanol–water partition coefficient (Wildman–Crippen LogP) is 14.2. The molecule has 0 atom stereocenters. The van der Waals surface area contributed by atoms with Gasteiger partial charge in [0.1, 0.15) is 11.2 Å². The number of aromatic nitrogens is 3. The molecule has 0 fully saturated rings. The van der Waals surface area contributed by atoms with Gasteiger partial charge in [-0.25, -0.2) is 15.0 Å². The van der Waals surface area contributed by atoms with Gasteiger partial charge in [0.25, 0.3) is 0 Å². The lowest BCUT2D eigenvalue weighted by Gasteiger charge is -2.26. The molecule has 0 aliphatic rings. The first kappa shape index (κ1) is 33.4. The summed E-state index contributed by atoms with van der Waals surface area (Å²) in [5, 5.41) is 6.65. The molecule has 272 valence electrons. The van der Waals surface area contributed by atoms with Crippen LogP contribution in [0.3, 0.4) is 0 Å². The minimum absolute atomic E-state index is 0.594. The Morgan fingerprint density at radius 3 is 1.64 bits per heavy atom. The van der Waals surface area contributed by atoms with E-state index < -0.39 is 0 Å². The third-order valence-corrected chi connectivity index (χ3v) is 10.9. The van der Waals surface area contributed by atoms with Crippen molar-refractivity contribution in [3.8, 4) is 45.3 Å². The van der Waals surface area contributed by atoms with Crippen molar-refractivity contribution < 1.29 is 4.42 Å². The highest BCUT2D eigenvalue weighted by Crippen LogP contribution is 2.45. The number of fused-ring (bicyclic) bond motifs is 6. The Bertz CT molecular complexity index is 3230. The maximum Gasteiger partial charge on any atom is 0.164 e. The molecule has 2 heterocycles. The van der Waals surface area contributed by atoms with Gasteiger partial charge in [0, 0.05) is 44.5 Å². The van der Waals surface area contributed by atoms with Gasteiger partial charge in [-0.3, -0.25) is 0 Å². The van der Waals surface area contributed by atoms with Crippen molar-refractivity contribution in [1.29, 1.82) is 0 Å². The Morgan fingerprint density at radius 1 is 0.328 bits per heavy atom. The van der Waals surface area contributed by atoms with Crippen LogP contribution in [0.2, 0.25) is 0 Å². The number of hydrogen-bond acceptors (Lipinski definition) is 5. The number of nitrogens with zero attached hydrogens (tertiary/aromatic N) is 4. The molecule has 0 N–H and O–H groups in total. The maximum atomic E-state index is 6.79. The van der Waals surface area contributed by atoms with Gasteiger partial charge < -0.3 is 9.32 Å². The molecular formula is C53H34N4O. The average molecular weight is 743 g/mol. The van der Waals surface area contributed by atoms with Gasteiger partial charge in [0.05, 0.1) is 0 Å². The summed E-state index contributed by atoms with van der Waals surface area (Å²) in [4.78, 5) is 17.5. The van der Waals surface area contributed by atoms with Crippen LogP contribution >= 0.6 is 0 Å². The molecule has 0 saturated heterocycles. The van der Waals surface area contributed by atoms with Crippen LogP contribution in [0, 0.1) is 0 Å². The summed E-state index contributed by atoms with van der Waals surface area (Å²) >= 11 is 0. The van der Waals surface area contributed by atoms with Crippen molar-refractivity contribution in [2.45, 2.75) is 0 Å². The van der Waals surface area contributed by atoms with Crippen molar-refractivity contribution >= 4 is 60.5 Å². The van der Waals surface area contributed by atoms with Gasteiger partial charge >= 0.3 is 0 Å². The molecule has 11 rings (SSSR count). The van der Waals surface area contributed by atoms with Crippen LogP contribution in [0.5, 0.6) is 0 Å². The maximum absolute atomic E-state index is 6.79. The Hall–Kier alpha value is -7.89. The second-order valence-electron chi connectivity index (χ2n) is 14.4. The van der Waals surface area contributed by atoms with E-state index in [2.05, 4.69) is 138 Å². The van der Waals surface area contributed by atoms with Gasteiger partial charge in [0.2, 0.25) is 0 Å². The molecule has 0 saturated carbocycles. The molecule has 58 heavy (non-hydrogen) atoms. The van der Waals surface area contributed by atoms with Gasteiger partial charge in [-0.05, 0) is 81.2 Å². The molecule has 0 spiro atoms. The summed E-state index contributed by atoms with van der Waals surface area (Å²) in [6.45, 7) is 0. The molecule has 0 amide bonds. The fourth-order valence-electron chi connectivity index (χ4n) is 8.19. The highest BCUT2D eigenvalue weighted by atomic mass is 16.3. The summed E-state index contributed by atoms with van der Waals surface area (Å²) in [7, 11) is 0. The molecule has 5 nitrogen and oxygen atoms in total. The number of hydrogen-bond donors (Lipinski definition) is 0. The normalized spacial score (nSPS) is 11.4. The lowest BCUT2D eigenvalue weighted by Crippen LogP contribution is -2.09. The molecule has 5 heteroatoms. The molecule has 0 aliphatic carbocycles. The van der Waals surface area contributed by atoms with E-state index >= 15 is 0 Å². The van der Waals surface area contributed by atoms with Gasteiger partial charge in [-0.1, -0.05) is 158 Å². The average Bonchev–Trinajstić information content (AvgIpc) is 3.69. The van der Waals surface area contributed by atoms with E-state index in [1.165, 1.54) is 10.8 Å². The standard InChI is InChI=1S/C53H34N4O/c1-4-17-36(18-5-1)51-54-52(37-19-6-2-7-20-37)56-53(55-51)45-28-15-29-47-50(45)49-44-27-13-12-26-43(44)46(34-48(49)58-47)39-22-14-25-41(33-39)57(40-23-8-3-9-24-40)42-31-30-35-16-10-11-21-38(35)32-42/h1-34H. The van der Waals surface area contributed by atoms with Crippen LogP contribution < -0.4 is 4.90 Å². The summed E-state index contributed by atoms with van der Waals surface area (Å²) < 4.78 is 6.79. The lowest BCUT2D eigenvalue weighted by atomic mass is 9.93. The quantitative estimate of drug-likeness (QED) is 0.163. The summed E-state index contributed by atoms with van der Waals surface area (Å²) in [6, 6.07) is 71.7. The predicted molar refractivity (Wildman–Crippen MR) is 239 cm³/mol. The molecule has 0 bridgehead atoms. The van der Waals surface area contributed by atoms with Crippen LogP contribution in [0.4, 0.5) is 17.1 Å². The monoisotopic (exact) mass is 742 g/mol. The number of para-hydroxylation sites is 1. The highest BCUT2D eigenvalue weighted by molar-refractivity contribution is 6.25. The van der Waals surface area contributed by atoms with E-state index in [-0.39, 0.29) is 0 Å². The minimum atomic E-state index is 0.594. The Morgan fingerprint density at radius 2 is 0.897 bits per heavy atom. The first-order valence-corrected chi connectivity index (χ1v) is 19.4. The summed E-state index contributed by atoms with van der Waals surface area (Å²) in [5.74, 6) is 1.83. The molecule has 9 aromatic carbocycles. The Labute approximate surface area is 335 Å². The van der Waals surface area contributed by atoms with Gasteiger partial charge in [-0.2, -0.15) is 0 Å². The fourth-order valence-corrected chi connectivity index (χ4v) is 8.19. The van der Waals surface area contributed by atoms with Crippen molar-refractivity contribution in [2.24, 2.45) is 0 Å². The summed E-state index contributed by atoms with van der Waals surface area (Å²) in [5.41, 5.74) is 9.75. The Balaban J connectivity index is 1.10. The minimum Gasteiger partial charge on any atom is -0.456 e. The molecule has 0 aliphatic heterocycles. The second-order valence-corrected chi connectivity index (χ2v) is 14.4. The van der Waals surface area contributed by atoms with Crippen LogP contribution in [-0.4, -0.2) is 15.0 Å². The third-order valence-electron chi connectivity index (χ3n) is 10.9. The molecular weight excluding hydrogens is 709 g/mol. The van der Waals surface area contributed by atoms with Crippen LogP contribution in [0.1, 0.15) is 0 Å². The topological polar surface area (TPSA) is 55.1 Å². The van der Waals surface area contributed by atoms with Crippen LogP contribution in [-0.2, 0) is 0 Å². The van der Waals surface area contributed by atoms with E-state index in [1.807, 2.05) is 72.8 Å². The highest BCUT2D eigenvalue weighted by Gasteiger charge is 2.21. The van der Waals surface area contributed by atoms with Crippen molar-refractivity contribution in [2.75, 3.05) is 4.90 Å². The van der Waals surface area contributed by atoms with Crippen molar-refractivity contribution in [1.82, 2.24) is 15.0 Å². The molecule has 0 radical (unpaired) electrons. The zero-order valence-electron chi connectivity index (χ0n) is 31.3. The van der Waals surface area contributed by atoms with E-state index in [4.69, 9.17) is 19.4 Å². The first-order chi connectivity index (χ1) is 28.7. The van der Waals surface area contributed by atoms with Crippen LogP contribution in [0.25, 0.3) is 88.8 Å². The van der Waals surface area contributed by atoms with E-state index in [0.29, 0.717) is 17.5 Å². The van der Waals surface area contributed by atoms with Gasteiger partial charge in [-0.15, -0.1) is 0 Å². The number of anilines is 3.